The third kappa shape index (κ3) is 2.21. The van der Waals surface area contributed by atoms with Crippen LogP contribution < -0.4 is 11.5 Å². The summed E-state index contributed by atoms with van der Waals surface area (Å²) in [6.07, 6.45) is -7.49. The topological polar surface area (TPSA) is 64.9 Å². The quantitative estimate of drug-likeness (QED) is 0.779. The average Bonchev–Trinajstić information content (AvgIpc) is 2.14. The standard InChI is InChI=1S/C8H8F5N3/c9-7(10)6-4(8(11,12)13)5(15)3(1-14)2-16-6/h2,7H,1,14H2,(H2,15,16). The minimum absolute atomic E-state index is 0.114. The van der Waals surface area contributed by atoms with E-state index in [9.17, 15) is 22.0 Å². The largest absolute Gasteiger partial charge is 0.420 e. The van der Waals surface area contributed by atoms with Crippen molar-refractivity contribution in [1.82, 2.24) is 4.98 Å². The van der Waals surface area contributed by atoms with Crippen molar-refractivity contribution in [3.8, 4) is 0 Å². The van der Waals surface area contributed by atoms with Crippen molar-refractivity contribution in [1.29, 1.82) is 0 Å². The number of nitrogens with two attached hydrogens (primary N) is 2. The summed E-state index contributed by atoms with van der Waals surface area (Å²) in [6.45, 7) is -0.300. The Hall–Kier alpha value is -1.44. The molecular weight excluding hydrogens is 233 g/mol. The number of rotatable bonds is 2. The molecule has 0 amide bonds. The van der Waals surface area contributed by atoms with Crippen LogP contribution >= 0.6 is 0 Å². The Balaban J connectivity index is 3.50. The van der Waals surface area contributed by atoms with Gasteiger partial charge in [-0.25, -0.2) is 8.78 Å². The van der Waals surface area contributed by atoms with Crippen LogP contribution in [0.5, 0.6) is 0 Å². The molecule has 3 nitrogen and oxygen atoms in total. The van der Waals surface area contributed by atoms with Crippen LogP contribution in [0.25, 0.3) is 0 Å². The van der Waals surface area contributed by atoms with Crippen LogP contribution in [0.4, 0.5) is 27.6 Å². The second-order valence-electron chi connectivity index (χ2n) is 2.96. The fourth-order valence-corrected chi connectivity index (χ4v) is 1.21. The van der Waals surface area contributed by atoms with Crippen LogP contribution in [0.15, 0.2) is 6.20 Å². The molecule has 0 unspecified atom stereocenters. The van der Waals surface area contributed by atoms with E-state index < -0.39 is 29.5 Å². The van der Waals surface area contributed by atoms with E-state index in [1.807, 2.05) is 0 Å². The zero-order chi connectivity index (χ0) is 12.5. The molecule has 0 spiro atoms. The van der Waals surface area contributed by atoms with Crippen LogP contribution in [0.3, 0.4) is 0 Å². The maximum absolute atomic E-state index is 12.5. The predicted octanol–water partition coefficient (Wildman–Crippen LogP) is 2.08. The van der Waals surface area contributed by atoms with Gasteiger partial charge in [0, 0.05) is 18.3 Å². The molecule has 4 N–H and O–H groups in total. The summed E-state index contributed by atoms with van der Waals surface area (Å²) in [5, 5.41) is 0. The molecule has 8 heteroatoms. The average molecular weight is 241 g/mol. The number of anilines is 1. The molecule has 0 aromatic carbocycles. The minimum Gasteiger partial charge on any atom is -0.398 e. The fourth-order valence-electron chi connectivity index (χ4n) is 1.21. The number of aromatic nitrogens is 1. The van der Waals surface area contributed by atoms with Crippen molar-refractivity contribution in [2.45, 2.75) is 19.1 Å². The van der Waals surface area contributed by atoms with Crippen LogP contribution in [0.1, 0.15) is 23.2 Å². The molecule has 0 aliphatic rings. The third-order valence-corrected chi connectivity index (χ3v) is 1.94. The number of alkyl halides is 5. The Morgan fingerprint density at radius 3 is 2.25 bits per heavy atom. The van der Waals surface area contributed by atoms with Crippen molar-refractivity contribution in [3.63, 3.8) is 0 Å². The highest BCUT2D eigenvalue weighted by atomic mass is 19.4. The van der Waals surface area contributed by atoms with Gasteiger partial charge in [0.2, 0.25) is 0 Å². The molecule has 1 aromatic heterocycles. The van der Waals surface area contributed by atoms with E-state index in [0.29, 0.717) is 0 Å². The summed E-state index contributed by atoms with van der Waals surface area (Å²) >= 11 is 0. The van der Waals surface area contributed by atoms with Crippen molar-refractivity contribution in [3.05, 3.63) is 23.0 Å². The number of pyridine rings is 1. The van der Waals surface area contributed by atoms with E-state index in [1.165, 1.54) is 0 Å². The van der Waals surface area contributed by atoms with E-state index in [2.05, 4.69) is 4.98 Å². The van der Waals surface area contributed by atoms with Crippen molar-refractivity contribution in [2.75, 3.05) is 5.73 Å². The number of nitrogen functional groups attached to an aromatic ring is 1. The Morgan fingerprint density at radius 2 is 1.88 bits per heavy atom. The lowest BCUT2D eigenvalue weighted by Gasteiger charge is -2.16. The number of halogens is 5. The van der Waals surface area contributed by atoms with Gasteiger partial charge in [0.25, 0.3) is 6.43 Å². The highest BCUT2D eigenvalue weighted by molar-refractivity contribution is 5.56. The highest BCUT2D eigenvalue weighted by Crippen LogP contribution is 2.39. The third-order valence-electron chi connectivity index (χ3n) is 1.94. The van der Waals surface area contributed by atoms with Crippen molar-refractivity contribution < 1.29 is 22.0 Å². The van der Waals surface area contributed by atoms with Crippen molar-refractivity contribution in [2.24, 2.45) is 5.73 Å². The van der Waals surface area contributed by atoms with E-state index in [0.717, 1.165) is 6.20 Å². The van der Waals surface area contributed by atoms with Crippen LogP contribution in [0.2, 0.25) is 0 Å². The van der Waals surface area contributed by atoms with E-state index in [4.69, 9.17) is 11.5 Å². The molecule has 16 heavy (non-hydrogen) atoms. The van der Waals surface area contributed by atoms with E-state index in [1.54, 1.807) is 0 Å². The summed E-state index contributed by atoms with van der Waals surface area (Å²) in [6, 6.07) is 0. The lowest BCUT2D eigenvalue weighted by molar-refractivity contribution is -0.139. The second-order valence-corrected chi connectivity index (χ2v) is 2.96. The van der Waals surface area contributed by atoms with Gasteiger partial charge in [-0.2, -0.15) is 13.2 Å². The molecule has 0 radical (unpaired) electrons. The Bertz CT molecular complexity index is 388. The molecule has 90 valence electrons. The molecule has 0 saturated heterocycles. The van der Waals surface area contributed by atoms with Crippen molar-refractivity contribution >= 4 is 5.69 Å². The SMILES string of the molecule is NCc1cnc(C(F)F)c(C(F)(F)F)c1N. The first kappa shape index (κ1) is 12.6. The molecule has 0 fully saturated rings. The first-order valence-electron chi connectivity index (χ1n) is 4.11. The van der Waals surface area contributed by atoms with Crippen LogP contribution in [0, 0.1) is 0 Å². The van der Waals surface area contributed by atoms with Gasteiger partial charge < -0.3 is 11.5 Å². The van der Waals surface area contributed by atoms with Crippen LogP contribution in [-0.4, -0.2) is 4.98 Å². The normalized spacial score (nSPS) is 12.2. The Labute approximate surface area is 87.3 Å². The summed E-state index contributed by atoms with van der Waals surface area (Å²) in [7, 11) is 0. The monoisotopic (exact) mass is 241 g/mol. The van der Waals surface area contributed by atoms with Crippen LogP contribution in [-0.2, 0) is 12.7 Å². The molecule has 0 aliphatic carbocycles. The summed E-state index contributed by atoms with van der Waals surface area (Å²) < 4.78 is 62.1. The zero-order valence-electron chi connectivity index (χ0n) is 7.85. The molecule has 1 heterocycles. The van der Waals surface area contributed by atoms with Gasteiger partial charge >= 0.3 is 6.18 Å². The summed E-state index contributed by atoms with van der Waals surface area (Å²) in [5.74, 6) is 0. The summed E-state index contributed by atoms with van der Waals surface area (Å²) in [4.78, 5) is 3.05. The lowest BCUT2D eigenvalue weighted by atomic mass is 10.1. The first-order chi connectivity index (χ1) is 7.29. The number of hydrogen-bond donors (Lipinski definition) is 2. The van der Waals surface area contributed by atoms with Gasteiger partial charge in [-0.15, -0.1) is 0 Å². The maximum Gasteiger partial charge on any atom is 0.420 e. The first-order valence-corrected chi connectivity index (χ1v) is 4.11. The van der Waals surface area contributed by atoms with E-state index >= 15 is 0 Å². The molecule has 0 bridgehead atoms. The van der Waals surface area contributed by atoms with Gasteiger partial charge in [0.1, 0.15) is 11.3 Å². The van der Waals surface area contributed by atoms with Gasteiger partial charge in [-0.3, -0.25) is 4.98 Å². The fraction of sp³-hybridized carbons (Fsp3) is 0.375. The second kappa shape index (κ2) is 4.20. The smallest absolute Gasteiger partial charge is 0.398 e. The van der Waals surface area contributed by atoms with Gasteiger partial charge in [-0.1, -0.05) is 0 Å². The molecular formula is C8H8F5N3. The van der Waals surface area contributed by atoms with E-state index in [-0.39, 0.29) is 12.1 Å². The zero-order valence-corrected chi connectivity index (χ0v) is 7.85. The molecule has 1 aromatic rings. The molecule has 1 rings (SSSR count). The molecule has 0 saturated carbocycles. The summed E-state index contributed by atoms with van der Waals surface area (Å²) in [5.41, 5.74) is 6.37. The molecule has 0 aliphatic heterocycles. The van der Waals surface area contributed by atoms with Gasteiger partial charge in [-0.05, 0) is 0 Å². The lowest BCUT2D eigenvalue weighted by Crippen LogP contribution is -2.17. The van der Waals surface area contributed by atoms with Gasteiger partial charge in [0.05, 0.1) is 5.69 Å². The Morgan fingerprint density at radius 1 is 1.31 bits per heavy atom. The predicted molar refractivity (Wildman–Crippen MR) is 46.5 cm³/mol. The minimum atomic E-state index is -4.98. The Kier molecular flexibility index (Phi) is 3.32. The molecule has 0 atom stereocenters. The maximum atomic E-state index is 12.5. The van der Waals surface area contributed by atoms with Gasteiger partial charge in [0.15, 0.2) is 0 Å². The number of hydrogen-bond acceptors (Lipinski definition) is 3. The highest BCUT2D eigenvalue weighted by Gasteiger charge is 2.39. The number of nitrogens with zero attached hydrogens (tertiary/aromatic N) is 1.